The molecule has 4 heteroatoms. The number of methoxy groups -OCH3 is 1. The summed E-state index contributed by atoms with van der Waals surface area (Å²) in [5.74, 6) is -1.32. The fraction of sp³-hybridized carbons (Fsp3) is 0.400. The van der Waals surface area contributed by atoms with E-state index in [4.69, 9.17) is 10.5 Å². The molecule has 0 fully saturated rings. The third-order valence-corrected chi connectivity index (χ3v) is 2.62. The normalized spacial score (nSPS) is 19.6. The molecule has 1 aliphatic carbocycles. The van der Waals surface area contributed by atoms with Crippen molar-refractivity contribution in [2.75, 3.05) is 7.11 Å². The van der Waals surface area contributed by atoms with E-state index in [1.807, 2.05) is 0 Å². The van der Waals surface area contributed by atoms with Crippen molar-refractivity contribution in [1.82, 2.24) is 0 Å². The molecule has 0 aliphatic heterocycles. The molecule has 1 aromatic carbocycles. The molecule has 14 heavy (non-hydrogen) atoms. The molecule has 0 saturated carbocycles. The molecular formula is C10H11F2NO. The fourth-order valence-corrected chi connectivity index (χ4v) is 1.93. The lowest BCUT2D eigenvalue weighted by Crippen LogP contribution is -2.09. The van der Waals surface area contributed by atoms with E-state index in [1.54, 1.807) is 0 Å². The molecule has 2 rings (SSSR count). The van der Waals surface area contributed by atoms with Gasteiger partial charge in [-0.2, -0.15) is 0 Å². The Hall–Kier alpha value is -1.16. The molecule has 0 heterocycles. The van der Waals surface area contributed by atoms with Gasteiger partial charge in [-0.25, -0.2) is 8.78 Å². The Labute approximate surface area is 80.7 Å². The Bertz CT molecular complexity index is 379. The van der Waals surface area contributed by atoms with Crippen LogP contribution < -0.4 is 10.5 Å². The molecule has 0 unspecified atom stereocenters. The van der Waals surface area contributed by atoms with Crippen LogP contribution in [0.25, 0.3) is 0 Å². The predicted octanol–water partition coefficient (Wildman–Crippen LogP) is 1.92. The number of halogens is 2. The molecule has 1 atom stereocenters. The van der Waals surface area contributed by atoms with Crippen LogP contribution in [0.15, 0.2) is 6.07 Å². The zero-order chi connectivity index (χ0) is 10.3. The molecule has 0 bridgehead atoms. The van der Waals surface area contributed by atoms with Crippen LogP contribution in [-0.4, -0.2) is 7.11 Å². The van der Waals surface area contributed by atoms with Gasteiger partial charge in [0.25, 0.3) is 0 Å². The zero-order valence-electron chi connectivity index (χ0n) is 7.81. The first kappa shape index (κ1) is 9.40. The number of ether oxygens (including phenoxy) is 1. The van der Waals surface area contributed by atoms with Crippen LogP contribution >= 0.6 is 0 Å². The van der Waals surface area contributed by atoms with Gasteiger partial charge >= 0.3 is 0 Å². The highest BCUT2D eigenvalue weighted by Crippen LogP contribution is 2.38. The van der Waals surface area contributed by atoms with Crippen LogP contribution in [0.4, 0.5) is 8.78 Å². The summed E-state index contributed by atoms with van der Waals surface area (Å²) in [5, 5.41) is 0. The highest BCUT2D eigenvalue weighted by molar-refractivity contribution is 5.46. The summed E-state index contributed by atoms with van der Waals surface area (Å²) in [7, 11) is 1.44. The second-order valence-corrected chi connectivity index (χ2v) is 3.41. The lowest BCUT2D eigenvalue weighted by atomic mass is 10.1. The van der Waals surface area contributed by atoms with Gasteiger partial charge in [0.1, 0.15) is 5.75 Å². The number of rotatable bonds is 1. The number of hydrogen-bond acceptors (Lipinski definition) is 2. The van der Waals surface area contributed by atoms with Crippen LogP contribution in [0, 0.1) is 11.6 Å². The maximum atomic E-state index is 13.4. The smallest absolute Gasteiger partial charge is 0.164 e. The summed E-state index contributed by atoms with van der Waals surface area (Å²) >= 11 is 0. The van der Waals surface area contributed by atoms with Gasteiger partial charge in [0.15, 0.2) is 11.6 Å². The van der Waals surface area contributed by atoms with Crippen molar-refractivity contribution in [3.63, 3.8) is 0 Å². The van der Waals surface area contributed by atoms with Gasteiger partial charge in [-0.15, -0.1) is 0 Å². The third-order valence-electron chi connectivity index (χ3n) is 2.62. The first-order valence-corrected chi connectivity index (χ1v) is 4.45. The lowest BCUT2D eigenvalue weighted by Gasteiger charge is -2.10. The highest BCUT2D eigenvalue weighted by Gasteiger charge is 2.28. The van der Waals surface area contributed by atoms with Crippen LogP contribution in [-0.2, 0) is 6.42 Å². The Kier molecular flexibility index (Phi) is 2.15. The maximum Gasteiger partial charge on any atom is 0.164 e. The van der Waals surface area contributed by atoms with Gasteiger partial charge in [0.05, 0.1) is 7.11 Å². The number of fused-ring (bicyclic) bond motifs is 1. The van der Waals surface area contributed by atoms with Gasteiger partial charge in [0.2, 0.25) is 0 Å². The largest absolute Gasteiger partial charge is 0.496 e. The summed E-state index contributed by atoms with van der Waals surface area (Å²) < 4.78 is 31.4. The van der Waals surface area contributed by atoms with Gasteiger partial charge in [-0.05, 0) is 12.8 Å². The molecule has 1 aliphatic rings. The molecule has 0 spiro atoms. The van der Waals surface area contributed by atoms with Crippen molar-refractivity contribution in [2.45, 2.75) is 18.9 Å². The summed E-state index contributed by atoms with van der Waals surface area (Å²) in [6.45, 7) is 0. The number of benzene rings is 1. The van der Waals surface area contributed by atoms with Gasteiger partial charge in [-0.3, -0.25) is 0 Å². The molecule has 2 nitrogen and oxygen atoms in total. The second kappa shape index (κ2) is 3.20. The first-order chi connectivity index (χ1) is 6.65. The summed E-state index contributed by atoms with van der Waals surface area (Å²) in [4.78, 5) is 0. The Balaban J connectivity index is 2.66. The summed E-state index contributed by atoms with van der Waals surface area (Å²) in [6, 6.07) is 0.668. The molecule has 0 amide bonds. The van der Waals surface area contributed by atoms with Crippen LogP contribution in [0.5, 0.6) is 5.75 Å². The highest BCUT2D eigenvalue weighted by atomic mass is 19.2. The second-order valence-electron chi connectivity index (χ2n) is 3.41. The fourth-order valence-electron chi connectivity index (χ4n) is 1.93. The minimum Gasteiger partial charge on any atom is -0.496 e. The van der Waals surface area contributed by atoms with Crippen LogP contribution in [0.2, 0.25) is 0 Å². The van der Waals surface area contributed by atoms with Crippen molar-refractivity contribution in [3.05, 3.63) is 28.8 Å². The molecule has 0 radical (unpaired) electrons. The number of nitrogens with two attached hydrogens (primary N) is 1. The molecule has 0 aromatic heterocycles. The Morgan fingerprint density at radius 2 is 2.21 bits per heavy atom. The van der Waals surface area contributed by atoms with Gasteiger partial charge in [-0.1, -0.05) is 0 Å². The van der Waals surface area contributed by atoms with E-state index >= 15 is 0 Å². The molecule has 76 valence electrons. The maximum absolute atomic E-state index is 13.4. The van der Waals surface area contributed by atoms with E-state index < -0.39 is 17.7 Å². The number of hydrogen-bond donors (Lipinski definition) is 1. The quantitative estimate of drug-likeness (QED) is 0.749. The third kappa shape index (κ3) is 1.18. The average molecular weight is 199 g/mol. The van der Waals surface area contributed by atoms with Crippen molar-refractivity contribution in [1.29, 1.82) is 0 Å². The minimum atomic E-state index is -0.891. The van der Waals surface area contributed by atoms with E-state index in [0.29, 0.717) is 24.2 Å². The minimum absolute atomic E-state index is 0.279. The first-order valence-electron chi connectivity index (χ1n) is 4.45. The van der Waals surface area contributed by atoms with Crippen molar-refractivity contribution >= 4 is 0 Å². The lowest BCUT2D eigenvalue weighted by molar-refractivity contribution is 0.401. The predicted molar refractivity (Wildman–Crippen MR) is 48.2 cm³/mol. The zero-order valence-corrected chi connectivity index (χ0v) is 7.81. The summed E-state index contributed by atoms with van der Waals surface area (Å²) in [5.41, 5.74) is 6.66. The van der Waals surface area contributed by atoms with E-state index in [2.05, 4.69) is 0 Å². The molecule has 1 aromatic rings. The van der Waals surface area contributed by atoms with Crippen LogP contribution in [0.3, 0.4) is 0 Å². The van der Waals surface area contributed by atoms with E-state index in [-0.39, 0.29) is 5.56 Å². The van der Waals surface area contributed by atoms with E-state index in [1.165, 1.54) is 7.11 Å². The molecule has 0 saturated heterocycles. The molecule has 2 N–H and O–H groups in total. The Morgan fingerprint density at radius 1 is 1.50 bits per heavy atom. The summed E-state index contributed by atoms with van der Waals surface area (Å²) in [6.07, 6.45) is 1.29. The average Bonchev–Trinajstić information content (AvgIpc) is 2.54. The SMILES string of the molecule is COc1cc(F)c(F)c2c1CC[C@H]2N. The Morgan fingerprint density at radius 3 is 2.86 bits per heavy atom. The van der Waals surface area contributed by atoms with Crippen molar-refractivity contribution in [3.8, 4) is 5.75 Å². The van der Waals surface area contributed by atoms with Crippen molar-refractivity contribution in [2.24, 2.45) is 5.73 Å². The molecular weight excluding hydrogens is 188 g/mol. The van der Waals surface area contributed by atoms with Crippen LogP contribution in [0.1, 0.15) is 23.6 Å². The van der Waals surface area contributed by atoms with Gasteiger partial charge < -0.3 is 10.5 Å². The van der Waals surface area contributed by atoms with E-state index in [9.17, 15) is 8.78 Å². The standard InChI is InChI=1S/C10H11F2NO/c1-14-8-4-6(11)10(12)9-5(8)2-3-7(9)13/h4,7H,2-3,13H2,1H3/t7-/m1/s1. The van der Waals surface area contributed by atoms with Crippen molar-refractivity contribution < 1.29 is 13.5 Å². The van der Waals surface area contributed by atoms with Gasteiger partial charge in [0, 0.05) is 23.2 Å². The van der Waals surface area contributed by atoms with E-state index in [0.717, 1.165) is 6.07 Å². The monoisotopic (exact) mass is 199 g/mol. The topological polar surface area (TPSA) is 35.2 Å².